The van der Waals surface area contributed by atoms with Crippen LogP contribution in [0.2, 0.25) is 0 Å². The molecule has 0 saturated heterocycles. The molecular weight excluding hydrogens is 314 g/mol. The summed E-state index contributed by atoms with van der Waals surface area (Å²) >= 11 is 0. The van der Waals surface area contributed by atoms with Gasteiger partial charge in [0.25, 0.3) is 0 Å². The zero-order valence-electron chi connectivity index (χ0n) is 16.4. The highest BCUT2D eigenvalue weighted by molar-refractivity contribution is 5.71. The van der Waals surface area contributed by atoms with E-state index in [0.717, 1.165) is 28.7 Å². The lowest BCUT2D eigenvalue weighted by atomic mass is 9.85. The van der Waals surface area contributed by atoms with Crippen molar-refractivity contribution in [2.75, 3.05) is 0 Å². The Kier molecular flexibility index (Phi) is 6.61. The Bertz CT molecular complexity index is 876. The molecule has 0 aliphatic rings. The van der Waals surface area contributed by atoms with Gasteiger partial charge in [-0.2, -0.15) is 0 Å². The largest absolute Gasteiger partial charge is 0.326 e. The third-order valence-corrected chi connectivity index (χ3v) is 4.82. The van der Waals surface area contributed by atoms with Gasteiger partial charge in [0.1, 0.15) is 0 Å². The fourth-order valence-corrected chi connectivity index (χ4v) is 3.32. The molecule has 0 amide bonds. The van der Waals surface area contributed by atoms with Gasteiger partial charge in [-0.05, 0) is 71.7 Å². The maximum absolute atomic E-state index is 6.09. The van der Waals surface area contributed by atoms with E-state index >= 15 is 0 Å². The van der Waals surface area contributed by atoms with E-state index in [9.17, 15) is 0 Å². The number of rotatable bonds is 6. The summed E-state index contributed by atoms with van der Waals surface area (Å²) in [6, 6.07) is 12.7. The van der Waals surface area contributed by atoms with Crippen molar-refractivity contribution >= 4 is 0 Å². The molecule has 0 spiro atoms. The molecule has 2 aromatic carbocycles. The van der Waals surface area contributed by atoms with Gasteiger partial charge in [0, 0.05) is 12.1 Å². The molecule has 1 nitrogen and oxygen atoms in total. The summed E-state index contributed by atoms with van der Waals surface area (Å²) in [7, 11) is 0. The highest BCUT2D eigenvalue weighted by Crippen LogP contribution is 2.32. The second-order valence-electron chi connectivity index (χ2n) is 7.06. The lowest BCUT2D eigenvalue weighted by Gasteiger charge is -2.20. The van der Waals surface area contributed by atoms with E-state index in [1.807, 2.05) is 12.1 Å². The summed E-state index contributed by atoms with van der Waals surface area (Å²) in [6.07, 6.45) is 8.62. The molecule has 0 aliphatic carbocycles. The molecule has 0 aromatic heterocycles. The highest BCUT2D eigenvalue weighted by Gasteiger charge is 2.14. The second-order valence-corrected chi connectivity index (χ2v) is 7.06. The van der Waals surface area contributed by atoms with Crippen LogP contribution in [-0.2, 0) is 13.0 Å². The molecule has 26 heavy (non-hydrogen) atoms. The predicted molar refractivity (Wildman–Crippen MR) is 114 cm³/mol. The average Bonchev–Trinajstić information content (AvgIpc) is 2.65. The quantitative estimate of drug-likeness (QED) is 0.506. The van der Waals surface area contributed by atoms with Gasteiger partial charge in [0.2, 0.25) is 0 Å². The van der Waals surface area contributed by atoms with Crippen LogP contribution in [-0.4, -0.2) is 0 Å². The fourth-order valence-electron chi connectivity index (χ4n) is 3.32. The standard InChI is InChI=1S/C25H29N/c1-7-19-10-9-11-21(12-19)25-14-22(13-20(8-2)17(3)4)24(18(5)6)15-23(25)16-26/h1,8-12,14-15,18H,3,13,16,26H2,2,4-6H3/b20-8-. The molecule has 0 radical (unpaired) electrons. The topological polar surface area (TPSA) is 26.0 Å². The molecule has 2 N–H and O–H groups in total. The molecule has 0 atom stereocenters. The van der Waals surface area contributed by atoms with Gasteiger partial charge in [-0.1, -0.05) is 62.3 Å². The van der Waals surface area contributed by atoms with E-state index in [4.69, 9.17) is 12.2 Å². The van der Waals surface area contributed by atoms with Gasteiger partial charge in [0.15, 0.2) is 0 Å². The van der Waals surface area contributed by atoms with Gasteiger partial charge in [-0.3, -0.25) is 0 Å². The zero-order chi connectivity index (χ0) is 19.3. The van der Waals surface area contributed by atoms with Crippen LogP contribution in [0.25, 0.3) is 11.1 Å². The van der Waals surface area contributed by atoms with Crippen LogP contribution in [0, 0.1) is 12.3 Å². The first-order chi connectivity index (χ1) is 12.4. The smallest absolute Gasteiger partial charge is 0.0248 e. The highest BCUT2D eigenvalue weighted by atomic mass is 14.5. The molecule has 2 aromatic rings. The minimum Gasteiger partial charge on any atom is -0.326 e. The Labute approximate surface area is 158 Å². The van der Waals surface area contributed by atoms with Crippen LogP contribution in [0.1, 0.15) is 55.9 Å². The van der Waals surface area contributed by atoms with E-state index in [0.29, 0.717) is 12.5 Å². The van der Waals surface area contributed by atoms with E-state index in [2.05, 4.69) is 70.5 Å². The first-order valence-electron chi connectivity index (χ1n) is 9.15. The molecule has 0 bridgehead atoms. The number of allylic oxidation sites excluding steroid dienone is 3. The molecular formula is C25H29N. The van der Waals surface area contributed by atoms with Crippen molar-refractivity contribution in [1.29, 1.82) is 0 Å². The Balaban J connectivity index is 2.67. The Morgan fingerprint density at radius 1 is 1.23 bits per heavy atom. The maximum Gasteiger partial charge on any atom is 0.0248 e. The van der Waals surface area contributed by atoms with Gasteiger partial charge in [0.05, 0.1) is 0 Å². The number of terminal acetylenes is 1. The van der Waals surface area contributed by atoms with Crippen LogP contribution in [0.15, 0.2) is 60.2 Å². The average molecular weight is 344 g/mol. The SMILES string of the molecule is C#Cc1cccc(-c2cc(C/C(=C/C)C(=C)C)c(C(C)C)cc2CN)c1. The van der Waals surface area contributed by atoms with Crippen molar-refractivity contribution in [1.82, 2.24) is 0 Å². The van der Waals surface area contributed by atoms with Gasteiger partial charge >= 0.3 is 0 Å². The fraction of sp³-hybridized carbons (Fsp3) is 0.280. The summed E-state index contributed by atoms with van der Waals surface area (Å²) in [5, 5.41) is 0. The van der Waals surface area contributed by atoms with Crippen molar-refractivity contribution in [2.45, 2.75) is 46.6 Å². The number of nitrogens with two attached hydrogens (primary N) is 1. The molecule has 0 aliphatic heterocycles. The maximum atomic E-state index is 6.09. The number of benzene rings is 2. The molecule has 2 rings (SSSR count). The van der Waals surface area contributed by atoms with Gasteiger partial charge in [-0.15, -0.1) is 6.42 Å². The summed E-state index contributed by atoms with van der Waals surface area (Å²) in [5.74, 6) is 3.16. The minimum atomic E-state index is 0.435. The molecule has 0 heterocycles. The van der Waals surface area contributed by atoms with Crippen LogP contribution in [0.4, 0.5) is 0 Å². The summed E-state index contributed by atoms with van der Waals surface area (Å²) in [6.45, 7) is 13.2. The Morgan fingerprint density at radius 3 is 2.50 bits per heavy atom. The van der Waals surface area contributed by atoms with Crippen molar-refractivity contribution in [3.05, 3.63) is 82.5 Å². The molecule has 0 saturated carbocycles. The van der Waals surface area contributed by atoms with Crippen LogP contribution in [0.3, 0.4) is 0 Å². The monoisotopic (exact) mass is 343 g/mol. The first kappa shape index (κ1) is 19.8. The third kappa shape index (κ3) is 4.34. The molecule has 0 unspecified atom stereocenters. The van der Waals surface area contributed by atoms with Crippen molar-refractivity contribution in [3.8, 4) is 23.5 Å². The van der Waals surface area contributed by atoms with Crippen LogP contribution < -0.4 is 5.73 Å². The lowest BCUT2D eigenvalue weighted by Crippen LogP contribution is -2.06. The van der Waals surface area contributed by atoms with Crippen LogP contribution >= 0.6 is 0 Å². The summed E-state index contributed by atoms with van der Waals surface area (Å²) in [5.41, 5.74) is 15.5. The Morgan fingerprint density at radius 2 is 1.96 bits per heavy atom. The summed E-state index contributed by atoms with van der Waals surface area (Å²) in [4.78, 5) is 0. The van der Waals surface area contributed by atoms with E-state index < -0.39 is 0 Å². The normalized spacial score (nSPS) is 11.5. The van der Waals surface area contributed by atoms with Gasteiger partial charge in [-0.25, -0.2) is 0 Å². The van der Waals surface area contributed by atoms with Crippen molar-refractivity contribution < 1.29 is 0 Å². The molecule has 0 fully saturated rings. The predicted octanol–water partition coefficient (Wildman–Crippen LogP) is 5.98. The molecule has 134 valence electrons. The van der Waals surface area contributed by atoms with E-state index in [1.165, 1.54) is 22.3 Å². The van der Waals surface area contributed by atoms with E-state index in [-0.39, 0.29) is 0 Å². The third-order valence-electron chi connectivity index (χ3n) is 4.82. The second kappa shape index (κ2) is 8.70. The minimum absolute atomic E-state index is 0.435. The first-order valence-corrected chi connectivity index (χ1v) is 9.15. The zero-order valence-corrected chi connectivity index (χ0v) is 16.4. The number of hydrogen-bond acceptors (Lipinski definition) is 1. The van der Waals surface area contributed by atoms with Crippen molar-refractivity contribution in [2.24, 2.45) is 5.73 Å². The van der Waals surface area contributed by atoms with Crippen molar-refractivity contribution in [3.63, 3.8) is 0 Å². The lowest BCUT2D eigenvalue weighted by molar-refractivity contribution is 0.842. The Hall–Kier alpha value is -2.56. The van der Waals surface area contributed by atoms with Gasteiger partial charge < -0.3 is 5.73 Å². The van der Waals surface area contributed by atoms with E-state index in [1.54, 1.807) is 0 Å². The van der Waals surface area contributed by atoms with Crippen LogP contribution in [0.5, 0.6) is 0 Å². The number of hydrogen-bond donors (Lipinski definition) is 1. The summed E-state index contributed by atoms with van der Waals surface area (Å²) < 4.78 is 0. The molecule has 1 heteroatoms.